The smallest absolute Gasteiger partial charge is 0.329 e. The van der Waals surface area contributed by atoms with Crippen LogP contribution in [0.25, 0.3) is 0 Å². The summed E-state index contributed by atoms with van der Waals surface area (Å²) < 4.78 is 5.44. The maximum Gasteiger partial charge on any atom is 0.329 e. The molecule has 2 aromatic rings. The second-order valence-corrected chi connectivity index (χ2v) is 8.08. The number of halogens is 1. The maximum atomic E-state index is 11.7. The van der Waals surface area contributed by atoms with E-state index >= 15 is 0 Å². The number of rotatable bonds is 7. The fraction of sp³-hybridized carbons (Fsp3) is 0.455. The highest BCUT2D eigenvalue weighted by atomic mass is 35.5. The summed E-state index contributed by atoms with van der Waals surface area (Å²) in [6, 6.07) is 9.73. The Morgan fingerprint density at radius 1 is 1.28 bits per heavy atom. The Balaban J connectivity index is 1.58. The van der Waals surface area contributed by atoms with Gasteiger partial charge in [-0.3, -0.25) is 0 Å². The van der Waals surface area contributed by atoms with Gasteiger partial charge in [-0.1, -0.05) is 17.7 Å². The minimum absolute atomic E-state index is 0.412. The van der Waals surface area contributed by atoms with Crippen molar-refractivity contribution in [1.82, 2.24) is 10.3 Å². The van der Waals surface area contributed by atoms with Gasteiger partial charge >= 0.3 is 5.97 Å². The molecule has 1 saturated carbocycles. The van der Waals surface area contributed by atoms with Gasteiger partial charge < -0.3 is 14.9 Å². The van der Waals surface area contributed by atoms with E-state index in [1.54, 1.807) is 12.1 Å². The Morgan fingerprint density at radius 3 is 2.76 bits per heavy atom. The summed E-state index contributed by atoms with van der Waals surface area (Å²) in [5.41, 5.74) is 3.14. The van der Waals surface area contributed by atoms with Crippen molar-refractivity contribution in [2.24, 2.45) is 0 Å². The van der Waals surface area contributed by atoms with Gasteiger partial charge in [0, 0.05) is 43.9 Å². The number of hydrogen-bond donors (Lipinski definition) is 1. The summed E-state index contributed by atoms with van der Waals surface area (Å²) in [5, 5.41) is 5.67. The van der Waals surface area contributed by atoms with Crippen LogP contribution in [0, 0.1) is 0 Å². The summed E-state index contributed by atoms with van der Waals surface area (Å²) in [6.45, 7) is 3.81. The van der Waals surface area contributed by atoms with Crippen LogP contribution in [-0.4, -0.2) is 30.2 Å². The molecule has 2 aliphatic rings. The Kier molecular flexibility index (Phi) is 6.33. The molecule has 2 fully saturated rings. The third-order valence-electron chi connectivity index (χ3n) is 5.30. The van der Waals surface area contributed by atoms with Crippen molar-refractivity contribution in [1.29, 1.82) is 0 Å². The predicted molar refractivity (Wildman–Crippen MR) is 112 cm³/mol. The Bertz CT molecular complexity index is 866. The topological polar surface area (TPSA) is 63.7 Å². The molecule has 154 valence electrons. The Hall–Kier alpha value is -2.15. The average molecular weight is 416 g/mol. The lowest BCUT2D eigenvalue weighted by atomic mass is 10.0. The zero-order valence-electron chi connectivity index (χ0n) is 16.6. The van der Waals surface area contributed by atoms with Crippen LogP contribution in [0.4, 0.5) is 11.5 Å². The highest BCUT2D eigenvalue weighted by Gasteiger charge is 2.28. The van der Waals surface area contributed by atoms with Gasteiger partial charge in [0.2, 0.25) is 0 Å². The number of pyridine rings is 1. The predicted octanol–water partition coefficient (Wildman–Crippen LogP) is 4.50. The highest BCUT2D eigenvalue weighted by molar-refractivity contribution is 6.30. The van der Waals surface area contributed by atoms with Crippen LogP contribution in [0.2, 0.25) is 5.02 Å². The molecule has 1 N–H and O–H groups in total. The van der Waals surface area contributed by atoms with Crippen LogP contribution < -0.4 is 10.4 Å². The molecule has 0 radical (unpaired) electrons. The first-order chi connectivity index (χ1) is 14.1. The molecule has 1 saturated heterocycles. The van der Waals surface area contributed by atoms with Crippen LogP contribution in [0.15, 0.2) is 36.5 Å². The lowest BCUT2D eigenvalue weighted by molar-refractivity contribution is -0.141. The van der Waals surface area contributed by atoms with E-state index in [0.717, 1.165) is 32.6 Å². The van der Waals surface area contributed by atoms with Crippen LogP contribution in [-0.2, 0) is 20.9 Å². The van der Waals surface area contributed by atoms with Crippen molar-refractivity contribution in [3.8, 4) is 0 Å². The highest BCUT2D eigenvalue weighted by Crippen LogP contribution is 2.43. The zero-order valence-corrected chi connectivity index (χ0v) is 17.3. The molecule has 0 bridgehead atoms. The molecule has 1 aromatic carbocycles. The van der Waals surface area contributed by atoms with Gasteiger partial charge in [-0.15, -0.1) is 0 Å². The third-order valence-corrected chi connectivity index (χ3v) is 5.53. The maximum absolute atomic E-state index is 11.7. The third kappa shape index (κ3) is 5.26. The average Bonchev–Trinajstić information content (AvgIpc) is 3.56. The van der Waals surface area contributed by atoms with E-state index in [9.17, 15) is 4.79 Å². The molecule has 0 unspecified atom stereocenters. The van der Waals surface area contributed by atoms with Crippen molar-refractivity contribution in [3.05, 3.63) is 52.7 Å². The van der Waals surface area contributed by atoms with Crippen molar-refractivity contribution in [2.75, 3.05) is 18.3 Å². The number of hydrogen-bond acceptors (Lipinski definition) is 6. The van der Waals surface area contributed by atoms with Crippen molar-refractivity contribution < 1.29 is 14.4 Å². The first kappa shape index (κ1) is 20.1. The fourth-order valence-corrected chi connectivity index (χ4v) is 3.82. The van der Waals surface area contributed by atoms with E-state index in [1.807, 2.05) is 24.4 Å². The van der Waals surface area contributed by atoms with Crippen molar-refractivity contribution in [3.63, 3.8) is 0 Å². The largest absolute Gasteiger partial charge is 0.381 e. The van der Waals surface area contributed by atoms with E-state index < -0.39 is 5.97 Å². The van der Waals surface area contributed by atoms with E-state index in [1.165, 1.54) is 36.0 Å². The molecule has 0 atom stereocenters. The summed E-state index contributed by atoms with van der Waals surface area (Å²) in [6.07, 6.45) is 6.34. The number of ether oxygens (including phenoxy) is 1. The molecule has 6 nitrogen and oxygen atoms in total. The number of aromatic nitrogens is 1. The summed E-state index contributed by atoms with van der Waals surface area (Å²) >= 11 is 6.14. The Morgan fingerprint density at radius 2 is 2.07 bits per heavy atom. The first-order valence-corrected chi connectivity index (χ1v) is 10.5. The van der Waals surface area contributed by atoms with Gasteiger partial charge in [0.05, 0.1) is 5.69 Å². The van der Waals surface area contributed by atoms with Gasteiger partial charge in [-0.25, -0.2) is 9.78 Å². The fourth-order valence-electron chi connectivity index (χ4n) is 3.64. The monoisotopic (exact) mass is 415 g/mol. The van der Waals surface area contributed by atoms with Crippen molar-refractivity contribution >= 4 is 29.1 Å². The molecule has 4 rings (SSSR count). The molecule has 0 spiro atoms. The number of anilines is 2. The lowest BCUT2D eigenvalue weighted by Gasteiger charge is -2.25. The van der Waals surface area contributed by atoms with E-state index in [2.05, 4.69) is 10.3 Å². The number of carbonyl (C=O) groups excluding carboxylic acids is 1. The zero-order chi connectivity index (χ0) is 20.2. The van der Waals surface area contributed by atoms with Gasteiger partial charge in [-0.05, 0) is 67.0 Å². The molecule has 1 aliphatic carbocycles. The number of nitrogens with zero attached hydrogens (tertiary/aromatic N) is 2. The normalized spacial score (nSPS) is 17.2. The number of carbonyl (C=O) groups is 1. The van der Waals surface area contributed by atoms with Crippen LogP contribution in [0.1, 0.15) is 49.7 Å². The minimum atomic E-state index is -0.412. The molecule has 1 aliphatic heterocycles. The molecular formula is C22H26ClN3O3. The minimum Gasteiger partial charge on any atom is -0.381 e. The van der Waals surface area contributed by atoms with E-state index in [0.29, 0.717) is 28.5 Å². The number of nitrogens with one attached hydrogen (secondary N) is 1. The summed E-state index contributed by atoms with van der Waals surface area (Å²) in [7, 11) is 0. The van der Waals surface area contributed by atoms with Gasteiger partial charge in [0.15, 0.2) is 5.82 Å². The summed E-state index contributed by atoms with van der Waals surface area (Å²) in [5.74, 6) is 0.714. The molecule has 29 heavy (non-hydrogen) atoms. The standard InChI is InChI=1S/C22H26ClN3O3/c1-15(27)29-26(20-4-2-3-18(23)11-20)22-12-21(16-5-6-16)17(14-25-22)13-24-19-7-9-28-10-8-19/h2-4,11-12,14,16,19,24H,5-10,13H2,1H3. The first-order valence-electron chi connectivity index (χ1n) is 10.1. The molecule has 7 heteroatoms. The van der Waals surface area contributed by atoms with E-state index in [-0.39, 0.29) is 0 Å². The number of benzene rings is 1. The van der Waals surface area contributed by atoms with Crippen LogP contribution >= 0.6 is 11.6 Å². The Labute approximate surface area is 176 Å². The van der Waals surface area contributed by atoms with Crippen LogP contribution in [0.5, 0.6) is 0 Å². The lowest BCUT2D eigenvalue weighted by Crippen LogP contribution is -2.34. The van der Waals surface area contributed by atoms with Gasteiger partial charge in [0.1, 0.15) is 0 Å². The van der Waals surface area contributed by atoms with E-state index in [4.69, 9.17) is 21.2 Å². The molecule has 2 heterocycles. The summed E-state index contributed by atoms with van der Waals surface area (Å²) in [4.78, 5) is 21.8. The van der Waals surface area contributed by atoms with Crippen LogP contribution in [0.3, 0.4) is 0 Å². The quantitative estimate of drug-likeness (QED) is 0.672. The molecule has 1 aromatic heterocycles. The SMILES string of the molecule is CC(=O)ON(c1cccc(Cl)c1)c1cc(C2CC2)c(CNC2CCOCC2)cn1. The second kappa shape index (κ2) is 9.11. The molecule has 0 amide bonds. The van der Waals surface area contributed by atoms with Gasteiger partial charge in [-0.2, -0.15) is 5.06 Å². The van der Waals surface area contributed by atoms with Gasteiger partial charge in [0.25, 0.3) is 0 Å². The molecular weight excluding hydrogens is 390 g/mol. The van der Waals surface area contributed by atoms with Crippen molar-refractivity contribution in [2.45, 2.75) is 51.1 Å². The second-order valence-electron chi connectivity index (χ2n) is 7.64.